The molecule has 1 aromatic heterocycles. The summed E-state index contributed by atoms with van der Waals surface area (Å²) in [6.45, 7) is 3.33. The average Bonchev–Trinajstić information content (AvgIpc) is 2.85. The van der Waals surface area contributed by atoms with E-state index >= 15 is 0 Å². The van der Waals surface area contributed by atoms with Gasteiger partial charge < -0.3 is 19.8 Å². The average molecular weight is 357 g/mol. The number of hydrogen-bond donors (Lipinski definition) is 2. The van der Waals surface area contributed by atoms with Gasteiger partial charge in [0.1, 0.15) is 12.4 Å². The Bertz CT molecular complexity index is 758. The Morgan fingerprint density at radius 3 is 2.87 bits per heavy atom. The third kappa shape index (κ3) is 2.89. The second-order valence-corrected chi connectivity index (χ2v) is 6.33. The van der Waals surface area contributed by atoms with Gasteiger partial charge in [-0.1, -0.05) is 23.2 Å². The molecule has 2 heterocycles. The van der Waals surface area contributed by atoms with Gasteiger partial charge in [0.15, 0.2) is 0 Å². The number of rotatable bonds is 4. The standard InChI is InChI=1S/C16H18Cl2N2O3/c1-8-12-10(3-4-19-16(8)21)20-15-13(12)11(23-6-5-22-2)7-9(17)14(15)18/h7-8,20H,3-6H2,1-2H3,(H,19,21)/t8-/m1/s1. The monoisotopic (exact) mass is 356 g/mol. The maximum absolute atomic E-state index is 12.2. The molecule has 1 aliphatic rings. The van der Waals surface area contributed by atoms with Gasteiger partial charge in [0, 0.05) is 37.2 Å². The zero-order valence-corrected chi connectivity index (χ0v) is 14.5. The molecule has 0 bridgehead atoms. The lowest BCUT2D eigenvalue weighted by molar-refractivity contribution is -0.121. The summed E-state index contributed by atoms with van der Waals surface area (Å²) in [5.41, 5.74) is 2.64. The number of carbonyl (C=O) groups excluding carboxylic acids is 1. The van der Waals surface area contributed by atoms with Crippen LogP contribution in [0.1, 0.15) is 24.1 Å². The van der Waals surface area contributed by atoms with Crippen molar-refractivity contribution in [2.45, 2.75) is 19.3 Å². The van der Waals surface area contributed by atoms with Crippen LogP contribution in [-0.2, 0) is 16.0 Å². The van der Waals surface area contributed by atoms with Crippen molar-refractivity contribution in [3.63, 3.8) is 0 Å². The summed E-state index contributed by atoms with van der Waals surface area (Å²) >= 11 is 12.6. The Morgan fingerprint density at radius 1 is 1.35 bits per heavy atom. The van der Waals surface area contributed by atoms with E-state index in [1.165, 1.54) is 0 Å². The largest absolute Gasteiger partial charge is 0.490 e. The number of benzene rings is 1. The molecule has 124 valence electrons. The van der Waals surface area contributed by atoms with Gasteiger partial charge in [0.25, 0.3) is 0 Å². The van der Waals surface area contributed by atoms with Crippen molar-refractivity contribution in [2.24, 2.45) is 0 Å². The third-order valence-electron chi connectivity index (χ3n) is 4.10. The van der Waals surface area contributed by atoms with E-state index in [9.17, 15) is 4.79 Å². The number of nitrogens with one attached hydrogen (secondary N) is 2. The number of H-pyrrole nitrogens is 1. The van der Waals surface area contributed by atoms with E-state index in [0.29, 0.717) is 42.0 Å². The minimum Gasteiger partial charge on any atom is -0.490 e. The highest BCUT2D eigenvalue weighted by Gasteiger charge is 2.29. The number of ether oxygens (including phenoxy) is 2. The summed E-state index contributed by atoms with van der Waals surface area (Å²) in [5.74, 6) is 0.326. The number of aromatic nitrogens is 1. The highest BCUT2D eigenvalue weighted by atomic mass is 35.5. The van der Waals surface area contributed by atoms with Crippen LogP contribution in [0.15, 0.2) is 6.07 Å². The minimum atomic E-state index is -0.289. The maximum atomic E-state index is 12.2. The highest BCUT2D eigenvalue weighted by Crippen LogP contribution is 2.43. The summed E-state index contributed by atoms with van der Waals surface area (Å²) in [5, 5.41) is 4.60. The maximum Gasteiger partial charge on any atom is 0.227 e. The van der Waals surface area contributed by atoms with Crippen LogP contribution in [0.3, 0.4) is 0 Å². The molecule has 23 heavy (non-hydrogen) atoms. The smallest absolute Gasteiger partial charge is 0.227 e. The molecule has 3 rings (SSSR count). The molecule has 0 radical (unpaired) electrons. The van der Waals surface area contributed by atoms with Gasteiger partial charge >= 0.3 is 0 Å². The number of methoxy groups -OCH3 is 1. The molecule has 2 N–H and O–H groups in total. The van der Waals surface area contributed by atoms with Crippen molar-refractivity contribution >= 4 is 40.0 Å². The molecule has 1 aromatic carbocycles. The first-order chi connectivity index (χ1) is 11.0. The number of fused-ring (bicyclic) bond motifs is 3. The van der Waals surface area contributed by atoms with Crippen LogP contribution in [0.5, 0.6) is 5.75 Å². The molecule has 1 aliphatic heterocycles. The van der Waals surface area contributed by atoms with E-state index in [2.05, 4.69) is 10.3 Å². The van der Waals surface area contributed by atoms with Crippen LogP contribution in [0, 0.1) is 0 Å². The highest BCUT2D eigenvalue weighted by molar-refractivity contribution is 6.45. The molecule has 0 saturated carbocycles. The van der Waals surface area contributed by atoms with E-state index in [1.807, 2.05) is 6.92 Å². The van der Waals surface area contributed by atoms with Crippen LogP contribution in [0.4, 0.5) is 0 Å². The minimum absolute atomic E-state index is 0.00133. The number of aromatic amines is 1. The molecule has 5 nitrogen and oxygen atoms in total. The number of halogens is 2. The number of hydrogen-bond acceptors (Lipinski definition) is 3. The first-order valence-corrected chi connectivity index (χ1v) is 8.22. The van der Waals surface area contributed by atoms with Crippen molar-refractivity contribution < 1.29 is 14.3 Å². The van der Waals surface area contributed by atoms with Gasteiger partial charge in [-0.15, -0.1) is 0 Å². The van der Waals surface area contributed by atoms with E-state index in [-0.39, 0.29) is 11.8 Å². The van der Waals surface area contributed by atoms with Crippen molar-refractivity contribution in [1.29, 1.82) is 0 Å². The summed E-state index contributed by atoms with van der Waals surface area (Å²) < 4.78 is 10.9. The fourth-order valence-corrected chi connectivity index (χ4v) is 3.37. The number of amides is 1. The summed E-state index contributed by atoms with van der Waals surface area (Å²) in [7, 11) is 1.61. The fourth-order valence-electron chi connectivity index (χ4n) is 2.98. The lowest BCUT2D eigenvalue weighted by atomic mass is 9.96. The normalized spacial score (nSPS) is 17.7. The topological polar surface area (TPSA) is 63.4 Å². The van der Waals surface area contributed by atoms with E-state index in [1.54, 1.807) is 13.2 Å². The predicted octanol–water partition coefficient (Wildman–Crippen LogP) is 3.28. The first kappa shape index (κ1) is 16.4. The van der Waals surface area contributed by atoms with Crippen molar-refractivity contribution in [3.05, 3.63) is 27.4 Å². The van der Waals surface area contributed by atoms with E-state index in [4.69, 9.17) is 32.7 Å². The van der Waals surface area contributed by atoms with Gasteiger partial charge in [-0.2, -0.15) is 0 Å². The van der Waals surface area contributed by atoms with Gasteiger partial charge in [-0.25, -0.2) is 0 Å². The lowest BCUT2D eigenvalue weighted by Crippen LogP contribution is -2.26. The fraction of sp³-hybridized carbons (Fsp3) is 0.438. The Balaban J connectivity index is 2.20. The van der Waals surface area contributed by atoms with Crippen LogP contribution >= 0.6 is 23.2 Å². The molecule has 0 unspecified atom stereocenters. The summed E-state index contributed by atoms with van der Waals surface area (Å²) in [6, 6.07) is 1.70. The molecule has 1 amide bonds. The molecule has 0 spiro atoms. The van der Waals surface area contributed by atoms with Crippen molar-refractivity contribution in [1.82, 2.24) is 10.3 Å². The second kappa shape index (κ2) is 6.59. The Morgan fingerprint density at radius 2 is 2.13 bits per heavy atom. The third-order valence-corrected chi connectivity index (χ3v) is 4.89. The van der Waals surface area contributed by atoms with E-state index in [0.717, 1.165) is 22.2 Å². The molecule has 0 aliphatic carbocycles. The predicted molar refractivity (Wildman–Crippen MR) is 90.8 cm³/mol. The van der Waals surface area contributed by atoms with Crippen LogP contribution in [0.2, 0.25) is 10.0 Å². The molecule has 0 saturated heterocycles. The quantitative estimate of drug-likeness (QED) is 0.826. The molecular weight excluding hydrogens is 339 g/mol. The Kier molecular flexibility index (Phi) is 4.71. The van der Waals surface area contributed by atoms with Crippen molar-refractivity contribution in [3.8, 4) is 5.75 Å². The van der Waals surface area contributed by atoms with Gasteiger partial charge in [0.2, 0.25) is 5.91 Å². The van der Waals surface area contributed by atoms with Crippen LogP contribution in [0.25, 0.3) is 10.9 Å². The summed E-state index contributed by atoms with van der Waals surface area (Å²) in [4.78, 5) is 15.5. The zero-order valence-electron chi connectivity index (χ0n) is 13.0. The zero-order chi connectivity index (χ0) is 16.6. The Hall–Kier alpha value is -1.43. The van der Waals surface area contributed by atoms with Crippen LogP contribution in [-0.4, -0.2) is 37.8 Å². The van der Waals surface area contributed by atoms with E-state index < -0.39 is 0 Å². The molecule has 7 heteroatoms. The lowest BCUT2D eigenvalue weighted by Gasteiger charge is -2.13. The molecule has 0 fully saturated rings. The van der Waals surface area contributed by atoms with Gasteiger partial charge in [-0.05, 0) is 12.5 Å². The van der Waals surface area contributed by atoms with Crippen LogP contribution < -0.4 is 10.1 Å². The van der Waals surface area contributed by atoms with Crippen molar-refractivity contribution in [2.75, 3.05) is 26.9 Å². The molecule has 1 atom stereocenters. The van der Waals surface area contributed by atoms with Gasteiger partial charge in [-0.3, -0.25) is 4.79 Å². The summed E-state index contributed by atoms with van der Waals surface area (Å²) in [6.07, 6.45) is 0.714. The van der Waals surface area contributed by atoms with Gasteiger partial charge in [0.05, 0.1) is 28.1 Å². The Labute approximate surface area is 144 Å². The first-order valence-electron chi connectivity index (χ1n) is 7.46. The number of carbonyl (C=O) groups is 1. The molecular formula is C16H18Cl2N2O3. The molecule has 2 aromatic rings. The second-order valence-electron chi connectivity index (χ2n) is 5.54. The SMILES string of the molecule is COCCOc1cc(Cl)c(Cl)c2[nH]c3c(c12)[C@@H](C)C(=O)NCC3.